The van der Waals surface area contributed by atoms with Gasteiger partial charge in [-0.25, -0.2) is 4.98 Å². The lowest BCUT2D eigenvalue weighted by Crippen LogP contribution is -2.44. The Kier molecular flexibility index (Phi) is 7.38. The maximum absolute atomic E-state index is 13.1. The number of hydrogen-bond acceptors (Lipinski definition) is 5. The summed E-state index contributed by atoms with van der Waals surface area (Å²) >= 11 is 1.39. The highest BCUT2D eigenvalue weighted by atomic mass is 32.1. The summed E-state index contributed by atoms with van der Waals surface area (Å²) < 4.78 is 38.2. The average Bonchev–Trinajstić information content (AvgIpc) is 3.41. The van der Waals surface area contributed by atoms with Gasteiger partial charge in [0.2, 0.25) is 0 Å². The summed E-state index contributed by atoms with van der Waals surface area (Å²) in [7, 11) is 2.08. The Balaban J connectivity index is 1.44. The van der Waals surface area contributed by atoms with Crippen molar-refractivity contribution in [3.8, 4) is 0 Å². The number of carbonyl (C=O) groups is 1. The number of benzene rings is 1. The first-order chi connectivity index (χ1) is 15.8. The molecule has 0 bridgehead atoms. The van der Waals surface area contributed by atoms with Crippen molar-refractivity contribution in [3.63, 3.8) is 0 Å². The van der Waals surface area contributed by atoms with Crippen LogP contribution in [0.1, 0.15) is 40.9 Å². The van der Waals surface area contributed by atoms with Crippen LogP contribution in [0.3, 0.4) is 0 Å². The van der Waals surface area contributed by atoms with E-state index in [2.05, 4.69) is 26.8 Å². The second kappa shape index (κ2) is 10.3. The number of rotatable bonds is 9. The molecular formula is C24H29F3N4OS. The van der Waals surface area contributed by atoms with E-state index in [1.54, 1.807) is 6.20 Å². The second-order valence-electron chi connectivity index (χ2n) is 8.86. The molecule has 4 rings (SSSR count). The number of thiazole rings is 1. The summed E-state index contributed by atoms with van der Waals surface area (Å²) in [5.41, 5.74) is 2.03. The molecule has 1 N–H and O–H groups in total. The first-order valence-electron chi connectivity index (χ1n) is 11.3. The van der Waals surface area contributed by atoms with Gasteiger partial charge in [-0.3, -0.25) is 4.79 Å². The van der Waals surface area contributed by atoms with Crippen LogP contribution in [0.25, 0.3) is 10.9 Å². The molecule has 1 atom stereocenters. The van der Waals surface area contributed by atoms with E-state index in [9.17, 15) is 18.0 Å². The van der Waals surface area contributed by atoms with Crippen molar-refractivity contribution < 1.29 is 18.0 Å². The van der Waals surface area contributed by atoms with Crippen LogP contribution in [-0.2, 0) is 6.42 Å². The standard InChI is InChI=1S/C24H29F3N4OS/c1-30-9-11-31(12-10-30)23-29-16-22(33-23)21(32)14-17(5-4-8-24(25,26)27)13-18-15-28-20-7-3-2-6-19(18)20/h2-3,6-7,15-17,28H,4-5,8-14H2,1H3. The number of alkyl halides is 3. The molecule has 9 heteroatoms. The molecule has 1 unspecified atom stereocenters. The normalized spacial score (nSPS) is 16.4. The van der Waals surface area contributed by atoms with Crippen LogP contribution in [0.15, 0.2) is 36.7 Å². The highest BCUT2D eigenvalue weighted by Gasteiger charge is 2.28. The van der Waals surface area contributed by atoms with E-state index in [1.807, 2.05) is 30.5 Å². The lowest BCUT2D eigenvalue weighted by molar-refractivity contribution is -0.136. The number of ketones is 1. The van der Waals surface area contributed by atoms with Gasteiger partial charge in [0, 0.05) is 56.1 Å². The Morgan fingerprint density at radius 2 is 1.97 bits per heavy atom. The fourth-order valence-corrected chi connectivity index (χ4v) is 5.30. The SMILES string of the molecule is CN1CCN(c2ncc(C(=O)CC(CCCC(F)(F)F)Cc3c[nH]c4ccccc34)s2)CC1. The van der Waals surface area contributed by atoms with Gasteiger partial charge in [0.25, 0.3) is 0 Å². The van der Waals surface area contributed by atoms with Crippen molar-refractivity contribution in [3.05, 3.63) is 47.1 Å². The smallest absolute Gasteiger partial charge is 0.361 e. The number of halogens is 3. The van der Waals surface area contributed by atoms with Crippen LogP contribution in [-0.4, -0.2) is 60.1 Å². The Bertz CT molecular complexity index is 1070. The molecule has 1 saturated heterocycles. The monoisotopic (exact) mass is 478 g/mol. The van der Waals surface area contributed by atoms with Crippen LogP contribution in [0.4, 0.5) is 18.3 Å². The quantitative estimate of drug-likeness (QED) is 0.410. The van der Waals surface area contributed by atoms with Gasteiger partial charge < -0.3 is 14.8 Å². The summed E-state index contributed by atoms with van der Waals surface area (Å²) in [6.45, 7) is 3.65. The number of piperazine rings is 1. The van der Waals surface area contributed by atoms with Crippen LogP contribution in [0.2, 0.25) is 0 Å². The van der Waals surface area contributed by atoms with E-state index in [4.69, 9.17) is 0 Å². The zero-order valence-corrected chi connectivity index (χ0v) is 19.5. The predicted molar refractivity (Wildman–Crippen MR) is 126 cm³/mol. The third kappa shape index (κ3) is 6.35. The van der Waals surface area contributed by atoms with Gasteiger partial charge in [-0.05, 0) is 43.9 Å². The van der Waals surface area contributed by atoms with E-state index < -0.39 is 12.6 Å². The van der Waals surface area contributed by atoms with Crippen molar-refractivity contribution in [1.82, 2.24) is 14.9 Å². The predicted octanol–water partition coefficient (Wildman–Crippen LogP) is 5.54. The lowest BCUT2D eigenvalue weighted by atomic mass is 9.89. The Morgan fingerprint density at radius 3 is 2.73 bits per heavy atom. The van der Waals surface area contributed by atoms with Gasteiger partial charge >= 0.3 is 6.18 Å². The zero-order chi connectivity index (χ0) is 23.4. The molecule has 0 radical (unpaired) electrons. The van der Waals surface area contributed by atoms with Crippen LogP contribution >= 0.6 is 11.3 Å². The van der Waals surface area contributed by atoms with Gasteiger partial charge in [-0.1, -0.05) is 29.5 Å². The third-order valence-corrected chi connectivity index (χ3v) is 7.37. The van der Waals surface area contributed by atoms with E-state index in [1.165, 1.54) is 11.3 Å². The van der Waals surface area contributed by atoms with Crippen molar-refractivity contribution in [2.24, 2.45) is 5.92 Å². The topological polar surface area (TPSA) is 52.2 Å². The minimum atomic E-state index is -4.18. The van der Waals surface area contributed by atoms with E-state index in [-0.39, 0.29) is 24.5 Å². The first kappa shape index (κ1) is 23.8. The maximum atomic E-state index is 13.1. The summed E-state index contributed by atoms with van der Waals surface area (Å²) in [6.07, 6.45) is -0.291. The van der Waals surface area contributed by atoms with Crippen molar-refractivity contribution >= 4 is 33.2 Å². The number of aromatic amines is 1. The van der Waals surface area contributed by atoms with Gasteiger partial charge in [-0.2, -0.15) is 13.2 Å². The van der Waals surface area contributed by atoms with Gasteiger partial charge in [0.1, 0.15) is 0 Å². The molecule has 0 amide bonds. The van der Waals surface area contributed by atoms with E-state index in [0.717, 1.165) is 47.8 Å². The Labute approximate surface area is 195 Å². The first-order valence-corrected chi connectivity index (χ1v) is 12.1. The summed E-state index contributed by atoms with van der Waals surface area (Å²) in [4.78, 5) is 25.8. The van der Waals surface area contributed by atoms with Crippen LogP contribution < -0.4 is 4.90 Å². The molecule has 5 nitrogen and oxygen atoms in total. The number of anilines is 1. The average molecular weight is 479 g/mol. The maximum Gasteiger partial charge on any atom is 0.389 e. The van der Waals surface area contributed by atoms with Crippen molar-refractivity contribution in [1.29, 1.82) is 0 Å². The molecule has 0 saturated carbocycles. The number of fused-ring (bicyclic) bond motifs is 1. The molecule has 2 aromatic heterocycles. The molecule has 178 valence electrons. The molecule has 3 aromatic rings. The van der Waals surface area contributed by atoms with Crippen molar-refractivity contribution in [2.75, 3.05) is 38.1 Å². The zero-order valence-electron chi connectivity index (χ0n) is 18.7. The number of nitrogens with one attached hydrogen (secondary N) is 1. The highest BCUT2D eigenvalue weighted by molar-refractivity contribution is 7.17. The number of aromatic nitrogens is 2. The molecule has 3 heterocycles. The second-order valence-corrected chi connectivity index (χ2v) is 9.87. The molecule has 1 aliphatic heterocycles. The Morgan fingerprint density at radius 1 is 1.21 bits per heavy atom. The number of H-pyrrole nitrogens is 1. The molecule has 0 spiro atoms. The fourth-order valence-electron chi connectivity index (χ4n) is 4.38. The molecule has 1 aliphatic rings. The van der Waals surface area contributed by atoms with E-state index >= 15 is 0 Å². The fraction of sp³-hybridized carbons (Fsp3) is 0.500. The molecule has 1 aromatic carbocycles. The number of para-hydroxylation sites is 1. The third-order valence-electron chi connectivity index (χ3n) is 6.27. The highest BCUT2D eigenvalue weighted by Crippen LogP contribution is 2.31. The largest absolute Gasteiger partial charge is 0.389 e. The minimum Gasteiger partial charge on any atom is -0.361 e. The van der Waals surface area contributed by atoms with Gasteiger partial charge in [0.05, 0.1) is 11.1 Å². The molecule has 1 fully saturated rings. The summed E-state index contributed by atoms with van der Waals surface area (Å²) in [5.74, 6) is -0.196. The summed E-state index contributed by atoms with van der Waals surface area (Å²) in [6, 6.07) is 7.86. The number of carbonyl (C=O) groups excluding carboxylic acids is 1. The number of Topliss-reactive ketones (excluding diaryl/α,β-unsaturated/α-hetero) is 1. The molecule has 0 aliphatic carbocycles. The van der Waals surface area contributed by atoms with Crippen LogP contribution in [0, 0.1) is 5.92 Å². The van der Waals surface area contributed by atoms with Gasteiger partial charge in [-0.15, -0.1) is 0 Å². The number of likely N-dealkylation sites (N-methyl/N-ethyl adjacent to an activating group) is 1. The minimum absolute atomic E-state index is 0.0268. The van der Waals surface area contributed by atoms with Gasteiger partial charge in [0.15, 0.2) is 10.9 Å². The molecular weight excluding hydrogens is 449 g/mol. The Hall–Kier alpha value is -2.39. The number of nitrogens with zero attached hydrogens (tertiary/aromatic N) is 3. The number of hydrogen-bond donors (Lipinski definition) is 1. The van der Waals surface area contributed by atoms with Crippen LogP contribution in [0.5, 0.6) is 0 Å². The van der Waals surface area contributed by atoms with Crippen molar-refractivity contribution in [2.45, 2.75) is 38.3 Å². The van der Waals surface area contributed by atoms with E-state index in [0.29, 0.717) is 17.7 Å². The lowest BCUT2D eigenvalue weighted by Gasteiger charge is -2.32. The summed E-state index contributed by atoms with van der Waals surface area (Å²) in [5, 5.41) is 1.90. The molecule has 33 heavy (non-hydrogen) atoms.